The standard InChI is InChI=1S/C15H26O3/c1-5-13(16)14(15(17)18)12-8-10(4)6-7-11(12)9(2)3/h9-12,14H,5-8H2,1-4H3,(H,17,18)/t10-,11+,12-,14?/m0/s1. The third kappa shape index (κ3) is 3.33. The molecule has 18 heavy (non-hydrogen) atoms. The molecule has 0 bridgehead atoms. The van der Waals surface area contributed by atoms with Crippen molar-refractivity contribution in [2.45, 2.75) is 53.4 Å². The van der Waals surface area contributed by atoms with E-state index in [2.05, 4.69) is 20.8 Å². The molecule has 0 aromatic heterocycles. The number of ketones is 1. The van der Waals surface area contributed by atoms with Gasteiger partial charge in [0.25, 0.3) is 0 Å². The smallest absolute Gasteiger partial charge is 0.314 e. The second-order valence-electron chi connectivity index (χ2n) is 6.13. The average molecular weight is 254 g/mol. The molecule has 0 radical (unpaired) electrons. The van der Waals surface area contributed by atoms with E-state index in [1.54, 1.807) is 6.92 Å². The Balaban J connectivity index is 2.97. The molecule has 0 saturated heterocycles. The van der Waals surface area contributed by atoms with Crippen LogP contribution in [0.5, 0.6) is 0 Å². The molecular formula is C15H26O3. The van der Waals surface area contributed by atoms with Gasteiger partial charge in [-0.2, -0.15) is 0 Å². The van der Waals surface area contributed by atoms with Crippen molar-refractivity contribution >= 4 is 11.8 Å². The highest BCUT2D eigenvalue weighted by atomic mass is 16.4. The molecule has 1 N–H and O–H groups in total. The Hall–Kier alpha value is -0.860. The predicted octanol–water partition coefficient (Wildman–Crippen LogP) is 3.37. The average Bonchev–Trinajstić information content (AvgIpc) is 2.28. The van der Waals surface area contributed by atoms with Crippen molar-refractivity contribution in [2.75, 3.05) is 0 Å². The van der Waals surface area contributed by atoms with Gasteiger partial charge in [0.1, 0.15) is 11.7 Å². The summed E-state index contributed by atoms with van der Waals surface area (Å²) in [4.78, 5) is 23.4. The summed E-state index contributed by atoms with van der Waals surface area (Å²) in [6, 6.07) is 0. The van der Waals surface area contributed by atoms with Gasteiger partial charge in [-0.25, -0.2) is 0 Å². The molecule has 1 rings (SSSR count). The van der Waals surface area contributed by atoms with Crippen molar-refractivity contribution in [3.63, 3.8) is 0 Å². The fourth-order valence-corrected chi connectivity index (χ4v) is 3.44. The molecule has 3 heteroatoms. The van der Waals surface area contributed by atoms with Gasteiger partial charge in [-0.1, -0.05) is 34.1 Å². The number of aliphatic carboxylic acids is 1. The van der Waals surface area contributed by atoms with Gasteiger partial charge in [0.2, 0.25) is 0 Å². The van der Waals surface area contributed by atoms with E-state index in [4.69, 9.17) is 0 Å². The third-order valence-electron chi connectivity index (χ3n) is 4.46. The number of carboxylic acid groups (broad SMARTS) is 1. The van der Waals surface area contributed by atoms with E-state index in [1.807, 2.05) is 0 Å². The lowest BCUT2D eigenvalue weighted by Gasteiger charge is -2.39. The van der Waals surface area contributed by atoms with Crippen molar-refractivity contribution in [1.29, 1.82) is 0 Å². The molecule has 1 aliphatic carbocycles. The summed E-state index contributed by atoms with van der Waals surface area (Å²) in [5, 5.41) is 9.39. The Kier molecular flexibility index (Phi) is 5.36. The zero-order chi connectivity index (χ0) is 13.9. The Morgan fingerprint density at radius 1 is 1.22 bits per heavy atom. The minimum absolute atomic E-state index is 0.0266. The van der Waals surface area contributed by atoms with Gasteiger partial charge in [-0.3, -0.25) is 9.59 Å². The van der Waals surface area contributed by atoms with Gasteiger partial charge in [0.05, 0.1) is 0 Å². The summed E-state index contributed by atoms with van der Waals surface area (Å²) in [5.74, 6) is -0.425. The quantitative estimate of drug-likeness (QED) is 0.765. The molecule has 104 valence electrons. The fraction of sp³-hybridized carbons (Fsp3) is 0.867. The summed E-state index contributed by atoms with van der Waals surface area (Å²) >= 11 is 0. The molecule has 1 aliphatic rings. The molecule has 3 nitrogen and oxygen atoms in total. The third-order valence-corrected chi connectivity index (χ3v) is 4.46. The minimum Gasteiger partial charge on any atom is -0.481 e. The molecule has 1 saturated carbocycles. The maximum Gasteiger partial charge on any atom is 0.314 e. The fourth-order valence-electron chi connectivity index (χ4n) is 3.44. The SMILES string of the molecule is CCC(=O)C(C(=O)O)[C@H]1C[C@@H](C)CC[C@@H]1C(C)C. The molecule has 1 fully saturated rings. The van der Waals surface area contributed by atoms with Gasteiger partial charge in [0.15, 0.2) is 0 Å². The topological polar surface area (TPSA) is 54.4 Å². The number of hydrogen-bond acceptors (Lipinski definition) is 2. The summed E-state index contributed by atoms with van der Waals surface area (Å²) in [6.07, 6.45) is 3.43. The van der Waals surface area contributed by atoms with Crippen LogP contribution in [0.4, 0.5) is 0 Å². The minimum atomic E-state index is -0.924. The van der Waals surface area contributed by atoms with E-state index in [0.29, 0.717) is 24.2 Å². The highest BCUT2D eigenvalue weighted by Crippen LogP contribution is 2.42. The first kappa shape index (κ1) is 15.2. The van der Waals surface area contributed by atoms with Crippen LogP contribution in [-0.4, -0.2) is 16.9 Å². The Morgan fingerprint density at radius 2 is 1.83 bits per heavy atom. The second-order valence-corrected chi connectivity index (χ2v) is 6.13. The van der Waals surface area contributed by atoms with Gasteiger partial charge >= 0.3 is 5.97 Å². The van der Waals surface area contributed by atoms with Crippen LogP contribution in [0.25, 0.3) is 0 Å². The van der Waals surface area contributed by atoms with Crippen LogP contribution in [0.1, 0.15) is 53.4 Å². The van der Waals surface area contributed by atoms with Crippen molar-refractivity contribution < 1.29 is 14.7 Å². The van der Waals surface area contributed by atoms with Crippen LogP contribution in [0.3, 0.4) is 0 Å². The normalized spacial score (nSPS) is 30.2. The number of Topliss-reactive ketones (excluding diaryl/α,β-unsaturated/α-hetero) is 1. The van der Waals surface area contributed by atoms with Gasteiger partial charge in [0, 0.05) is 6.42 Å². The van der Waals surface area contributed by atoms with Crippen molar-refractivity contribution in [3.05, 3.63) is 0 Å². The number of carbonyl (C=O) groups excluding carboxylic acids is 1. The van der Waals surface area contributed by atoms with E-state index < -0.39 is 11.9 Å². The van der Waals surface area contributed by atoms with Gasteiger partial charge < -0.3 is 5.11 Å². The van der Waals surface area contributed by atoms with Gasteiger partial charge in [-0.05, 0) is 36.5 Å². The lowest BCUT2D eigenvalue weighted by Crippen LogP contribution is -2.40. The molecule has 0 aliphatic heterocycles. The molecule has 0 heterocycles. The Morgan fingerprint density at radius 3 is 2.28 bits per heavy atom. The summed E-state index contributed by atoms with van der Waals surface area (Å²) in [6.45, 7) is 8.21. The van der Waals surface area contributed by atoms with Gasteiger partial charge in [-0.15, -0.1) is 0 Å². The van der Waals surface area contributed by atoms with Crippen molar-refractivity contribution in [3.8, 4) is 0 Å². The first-order valence-electron chi connectivity index (χ1n) is 7.13. The lowest BCUT2D eigenvalue weighted by molar-refractivity contribution is -0.151. The van der Waals surface area contributed by atoms with Crippen molar-refractivity contribution in [2.24, 2.45) is 29.6 Å². The van der Waals surface area contributed by atoms with Crippen LogP contribution in [-0.2, 0) is 9.59 Å². The highest BCUT2D eigenvalue weighted by Gasteiger charge is 2.41. The summed E-state index contributed by atoms with van der Waals surface area (Å²) in [5.41, 5.74) is 0. The van der Waals surface area contributed by atoms with Crippen LogP contribution in [0, 0.1) is 29.6 Å². The molecule has 0 aromatic carbocycles. The zero-order valence-corrected chi connectivity index (χ0v) is 12.0. The molecule has 4 atom stereocenters. The van der Waals surface area contributed by atoms with E-state index in [1.165, 1.54) is 0 Å². The van der Waals surface area contributed by atoms with E-state index in [0.717, 1.165) is 19.3 Å². The van der Waals surface area contributed by atoms with E-state index in [-0.39, 0.29) is 11.7 Å². The van der Waals surface area contributed by atoms with Crippen LogP contribution in [0.15, 0.2) is 0 Å². The first-order chi connectivity index (χ1) is 8.38. The van der Waals surface area contributed by atoms with E-state index in [9.17, 15) is 14.7 Å². The molecule has 0 amide bonds. The molecule has 0 aromatic rings. The summed E-state index contributed by atoms with van der Waals surface area (Å²) in [7, 11) is 0. The van der Waals surface area contributed by atoms with Crippen molar-refractivity contribution in [1.82, 2.24) is 0 Å². The monoisotopic (exact) mass is 254 g/mol. The summed E-state index contributed by atoms with van der Waals surface area (Å²) < 4.78 is 0. The second kappa shape index (κ2) is 6.35. The lowest BCUT2D eigenvalue weighted by atomic mass is 9.64. The number of carboxylic acids is 1. The van der Waals surface area contributed by atoms with Crippen LogP contribution in [0.2, 0.25) is 0 Å². The highest BCUT2D eigenvalue weighted by molar-refractivity contribution is 5.98. The zero-order valence-electron chi connectivity index (χ0n) is 12.0. The Labute approximate surface area is 110 Å². The predicted molar refractivity (Wildman–Crippen MR) is 71.3 cm³/mol. The number of rotatable bonds is 5. The molecular weight excluding hydrogens is 228 g/mol. The molecule has 1 unspecified atom stereocenters. The maximum atomic E-state index is 11.9. The van der Waals surface area contributed by atoms with Crippen LogP contribution < -0.4 is 0 Å². The van der Waals surface area contributed by atoms with E-state index >= 15 is 0 Å². The first-order valence-corrected chi connectivity index (χ1v) is 7.13. The largest absolute Gasteiger partial charge is 0.481 e. The molecule has 0 spiro atoms. The maximum absolute atomic E-state index is 11.9. The van der Waals surface area contributed by atoms with Crippen LogP contribution >= 0.6 is 0 Å². The number of hydrogen-bond donors (Lipinski definition) is 1. The Bertz CT molecular complexity index is 309. The number of carbonyl (C=O) groups is 2.